The predicted molar refractivity (Wildman–Crippen MR) is 139 cm³/mol. The monoisotopic (exact) mass is 577 g/mol. The molecule has 0 saturated carbocycles. The number of likely N-dealkylation sites (tertiary alicyclic amines) is 1. The smallest absolute Gasteiger partial charge is 0.320 e. The van der Waals surface area contributed by atoms with Gasteiger partial charge in [-0.15, -0.1) is 0 Å². The lowest BCUT2D eigenvalue weighted by atomic mass is 9.85. The predicted octanol–water partition coefficient (Wildman–Crippen LogP) is 4.97. The molecule has 3 atom stereocenters. The molecule has 0 bridgehead atoms. The summed E-state index contributed by atoms with van der Waals surface area (Å²) in [5.74, 6) is -0.290. The molecule has 2 fully saturated rings. The summed E-state index contributed by atoms with van der Waals surface area (Å²) in [6.07, 6.45) is 0.832. The number of sulfonamides is 1. The second-order valence-electron chi connectivity index (χ2n) is 9.18. The van der Waals surface area contributed by atoms with E-state index in [0.29, 0.717) is 42.0 Å². The molecule has 196 valence electrons. The van der Waals surface area contributed by atoms with Crippen molar-refractivity contribution in [2.75, 3.05) is 45.5 Å². The van der Waals surface area contributed by atoms with Gasteiger partial charge in [-0.2, -0.15) is 4.31 Å². The first kappa shape index (κ1) is 27.3. The molecule has 3 unspecified atom stereocenters. The molecule has 12 heteroatoms. The van der Waals surface area contributed by atoms with Crippen molar-refractivity contribution in [2.45, 2.75) is 18.9 Å². The highest BCUT2D eigenvalue weighted by Crippen LogP contribution is 2.39. The summed E-state index contributed by atoms with van der Waals surface area (Å²) in [5, 5.41) is 0.836. The molecule has 0 aromatic heterocycles. The number of piperazine rings is 1. The second kappa shape index (κ2) is 10.9. The number of nitrogens with zero attached hydrogens (tertiary/aromatic N) is 3. The molecule has 2 heterocycles. The van der Waals surface area contributed by atoms with Crippen LogP contribution >= 0.6 is 34.8 Å². The van der Waals surface area contributed by atoms with Gasteiger partial charge < -0.3 is 14.5 Å². The number of halogens is 4. The lowest BCUT2D eigenvalue weighted by Gasteiger charge is -2.35. The van der Waals surface area contributed by atoms with Gasteiger partial charge in [-0.1, -0.05) is 40.9 Å². The summed E-state index contributed by atoms with van der Waals surface area (Å²) in [5.41, 5.74) is 0.930. The van der Waals surface area contributed by atoms with E-state index in [1.807, 2.05) is 19.1 Å². The summed E-state index contributed by atoms with van der Waals surface area (Å²) in [7, 11) is -3.29. The van der Waals surface area contributed by atoms with Gasteiger partial charge in [0.15, 0.2) is 0 Å². The number of benzene rings is 2. The SMILES string of the molecule is CC(Oc1ccc(F)c(Cl)c1)C1CN(C(=O)N2CCN(S(C)(=O)=O)CC2)CC1c1ccc(Cl)c(Cl)c1. The van der Waals surface area contributed by atoms with Crippen molar-refractivity contribution in [1.82, 2.24) is 14.1 Å². The Bertz CT molecular complexity index is 1240. The number of ether oxygens (including phenoxy) is 1. The van der Waals surface area contributed by atoms with Crippen LogP contribution in [0, 0.1) is 11.7 Å². The van der Waals surface area contributed by atoms with E-state index in [0.717, 1.165) is 5.56 Å². The standard InChI is InChI=1S/C24H27Cl3FN3O4S/c1-15(35-17-4-6-23(28)22(27)12-17)18-13-30(14-19(18)16-3-5-20(25)21(26)11-16)24(32)29-7-9-31(10-8-29)36(2,33)34/h3-6,11-12,15,18-19H,7-10,13-14H2,1-2H3. The lowest BCUT2D eigenvalue weighted by molar-refractivity contribution is 0.128. The number of amides is 2. The molecule has 7 nitrogen and oxygen atoms in total. The molecule has 2 aliphatic heterocycles. The van der Waals surface area contributed by atoms with Gasteiger partial charge in [0.2, 0.25) is 10.0 Å². The van der Waals surface area contributed by atoms with Gasteiger partial charge in [-0.3, -0.25) is 0 Å². The van der Waals surface area contributed by atoms with Crippen LogP contribution in [0.1, 0.15) is 18.4 Å². The molecule has 2 saturated heterocycles. The van der Waals surface area contributed by atoms with E-state index >= 15 is 0 Å². The molecular formula is C24H27Cl3FN3O4S. The fourth-order valence-corrected chi connectivity index (χ4v) is 6.12. The van der Waals surface area contributed by atoms with Crippen LogP contribution in [-0.4, -0.2) is 80.2 Å². The largest absolute Gasteiger partial charge is 0.490 e. The normalized spacial score (nSPS) is 22.1. The minimum atomic E-state index is -3.29. The maximum absolute atomic E-state index is 13.6. The van der Waals surface area contributed by atoms with Crippen molar-refractivity contribution >= 4 is 50.9 Å². The Hall–Kier alpha value is -1.78. The molecule has 2 aromatic carbocycles. The van der Waals surface area contributed by atoms with E-state index in [4.69, 9.17) is 39.5 Å². The van der Waals surface area contributed by atoms with Crippen LogP contribution in [0.5, 0.6) is 5.75 Å². The first-order valence-electron chi connectivity index (χ1n) is 11.5. The van der Waals surface area contributed by atoms with Crippen LogP contribution in [0.15, 0.2) is 36.4 Å². The number of carbonyl (C=O) groups is 1. The Balaban J connectivity index is 1.53. The topological polar surface area (TPSA) is 70.2 Å². The Morgan fingerprint density at radius 3 is 2.28 bits per heavy atom. The Kier molecular flexibility index (Phi) is 8.26. The van der Waals surface area contributed by atoms with Crippen molar-refractivity contribution in [2.24, 2.45) is 5.92 Å². The van der Waals surface area contributed by atoms with Gasteiger partial charge in [-0.25, -0.2) is 17.6 Å². The van der Waals surface area contributed by atoms with Crippen molar-refractivity contribution in [3.8, 4) is 5.75 Å². The van der Waals surface area contributed by atoms with Crippen molar-refractivity contribution in [3.63, 3.8) is 0 Å². The van der Waals surface area contributed by atoms with E-state index in [9.17, 15) is 17.6 Å². The average Bonchev–Trinajstić information content (AvgIpc) is 3.28. The van der Waals surface area contributed by atoms with Crippen LogP contribution in [0.4, 0.5) is 9.18 Å². The van der Waals surface area contributed by atoms with Crippen molar-refractivity contribution in [3.05, 3.63) is 62.8 Å². The molecule has 0 radical (unpaired) electrons. The zero-order valence-corrected chi connectivity index (χ0v) is 22.9. The second-order valence-corrected chi connectivity index (χ2v) is 12.4. The Morgan fingerprint density at radius 2 is 1.67 bits per heavy atom. The van der Waals surface area contributed by atoms with Gasteiger partial charge in [0.1, 0.15) is 17.7 Å². The highest BCUT2D eigenvalue weighted by atomic mass is 35.5. The number of rotatable bonds is 5. The zero-order chi connectivity index (χ0) is 26.2. The van der Waals surface area contributed by atoms with Crippen LogP contribution in [0.2, 0.25) is 15.1 Å². The average molecular weight is 579 g/mol. The Labute approximate surface area is 225 Å². The molecule has 4 rings (SSSR count). The number of urea groups is 1. The third-order valence-electron chi connectivity index (χ3n) is 6.80. The van der Waals surface area contributed by atoms with Crippen molar-refractivity contribution in [1.29, 1.82) is 0 Å². The maximum atomic E-state index is 13.6. The maximum Gasteiger partial charge on any atom is 0.320 e. The van der Waals surface area contributed by atoms with Gasteiger partial charge in [-0.05, 0) is 36.8 Å². The zero-order valence-electron chi connectivity index (χ0n) is 19.8. The molecule has 2 aromatic rings. The molecule has 2 aliphatic rings. The number of carbonyl (C=O) groups excluding carboxylic acids is 1. The summed E-state index contributed by atoms with van der Waals surface area (Å²) in [6.45, 7) is 3.95. The highest BCUT2D eigenvalue weighted by molar-refractivity contribution is 7.88. The van der Waals surface area contributed by atoms with Gasteiger partial charge in [0, 0.05) is 57.2 Å². The fourth-order valence-electron chi connectivity index (χ4n) is 4.82. The summed E-state index contributed by atoms with van der Waals surface area (Å²) < 4.78 is 44.8. The van der Waals surface area contributed by atoms with Gasteiger partial charge in [0.05, 0.1) is 21.3 Å². The third kappa shape index (κ3) is 6.02. The molecule has 2 amide bonds. The minimum Gasteiger partial charge on any atom is -0.490 e. The molecule has 0 spiro atoms. The van der Waals surface area contributed by atoms with Crippen LogP contribution in [-0.2, 0) is 10.0 Å². The summed E-state index contributed by atoms with van der Waals surface area (Å²) in [4.78, 5) is 16.9. The van der Waals surface area contributed by atoms with E-state index in [2.05, 4.69) is 0 Å². The summed E-state index contributed by atoms with van der Waals surface area (Å²) >= 11 is 18.3. The molecule has 36 heavy (non-hydrogen) atoms. The van der Waals surface area contributed by atoms with E-state index < -0.39 is 15.8 Å². The van der Waals surface area contributed by atoms with E-state index in [1.165, 1.54) is 28.8 Å². The van der Waals surface area contributed by atoms with E-state index in [-0.39, 0.29) is 42.1 Å². The lowest BCUT2D eigenvalue weighted by Crippen LogP contribution is -2.53. The highest BCUT2D eigenvalue weighted by Gasteiger charge is 2.42. The Morgan fingerprint density at radius 1 is 0.972 bits per heavy atom. The van der Waals surface area contributed by atoms with Crippen LogP contribution in [0.3, 0.4) is 0 Å². The molecule has 0 aliphatic carbocycles. The first-order valence-corrected chi connectivity index (χ1v) is 14.5. The number of hydrogen-bond donors (Lipinski definition) is 0. The summed E-state index contributed by atoms with van der Waals surface area (Å²) in [6, 6.07) is 9.49. The molecular weight excluding hydrogens is 552 g/mol. The third-order valence-corrected chi connectivity index (χ3v) is 9.13. The number of hydrogen-bond acceptors (Lipinski definition) is 4. The van der Waals surface area contributed by atoms with E-state index in [1.54, 1.807) is 15.9 Å². The molecule has 0 N–H and O–H groups in total. The van der Waals surface area contributed by atoms with Crippen LogP contribution in [0.25, 0.3) is 0 Å². The first-order chi connectivity index (χ1) is 16.9. The van der Waals surface area contributed by atoms with Gasteiger partial charge >= 0.3 is 6.03 Å². The quantitative estimate of drug-likeness (QED) is 0.503. The van der Waals surface area contributed by atoms with Crippen LogP contribution < -0.4 is 4.74 Å². The minimum absolute atomic E-state index is 0.0304. The fraction of sp³-hybridized carbons (Fsp3) is 0.458. The van der Waals surface area contributed by atoms with Crippen molar-refractivity contribution < 1.29 is 22.3 Å². The van der Waals surface area contributed by atoms with Gasteiger partial charge in [0.25, 0.3) is 0 Å².